The van der Waals surface area contributed by atoms with Crippen LogP contribution >= 0.6 is 11.8 Å². The van der Waals surface area contributed by atoms with Crippen molar-refractivity contribution in [1.82, 2.24) is 9.88 Å². The molecule has 1 aromatic rings. The monoisotopic (exact) mass is 265 g/mol. The first-order chi connectivity index (χ1) is 8.78. The molecule has 1 aliphatic rings. The molecule has 1 saturated heterocycles. The van der Waals surface area contributed by atoms with E-state index in [1.807, 2.05) is 30.2 Å². The number of hydrogen-bond acceptors (Lipinski definition) is 4. The number of thioether (sulfide) groups is 1. The summed E-state index contributed by atoms with van der Waals surface area (Å²) in [6.45, 7) is 4.31. The molecule has 1 aliphatic heterocycles. The van der Waals surface area contributed by atoms with Gasteiger partial charge < -0.3 is 10.6 Å². The Balaban J connectivity index is 1.77. The van der Waals surface area contributed by atoms with Gasteiger partial charge in [-0.1, -0.05) is 6.07 Å². The topological polar surface area (TPSA) is 42.1 Å². The number of nitrogens with two attached hydrogens (primary N) is 1. The normalized spacial score (nSPS) is 19.9. The highest BCUT2D eigenvalue weighted by Gasteiger charge is 2.32. The van der Waals surface area contributed by atoms with Crippen LogP contribution in [-0.4, -0.2) is 47.1 Å². The predicted octanol–water partition coefficient (Wildman–Crippen LogP) is 1.78. The lowest BCUT2D eigenvalue weighted by Gasteiger charge is -2.40. The van der Waals surface area contributed by atoms with Gasteiger partial charge in [0, 0.05) is 30.2 Å². The molecule has 4 heteroatoms. The molecular weight excluding hydrogens is 242 g/mol. The van der Waals surface area contributed by atoms with Gasteiger partial charge >= 0.3 is 0 Å². The molecule has 0 aliphatic carbocycles. The zero-order valence-electron chi connectivity index (χ0n) is 11.1. The third-order valence-electron chi connectivity index (χ3n) is 4.01. The largest absolute Gasteiger partial charge is 0.329 e. The maximum absolute atomic E-state index is 5.91. The van der Waals surface area contributed by atoms with Crippen molar-refractivity contribution in [2.24, 2.45) is 5.73 Å². The van der Waals surface area contributed by atoms with Crippen molar-refractivity contribution in [3.05, 3.63) is 30.1 Å². The second kappa shape index (κ2) is 6.55. The molecule has 0 aromatic carbocycles. The van der Waals surface area contributed by atoms with E-state index in [0.29, 0.717) is 4.75 Å². The molecular formula is C14H23N3S. The molecule has 0 saturated carbocycles. The maximum Gasteiger partial charge on any atom is 0.0303 e. The fourth-order valence-electron chi connectivity index (χ4n) is 2.51. The average molecular weight is 265 g/mol. The van der Waals surface area contributed by atoms with E-state index in [1.54, 1.807) is 0 Å². The molecule has 0 unspecified atom stereocenters. The van der Waals surface area contributed by atoms with Gasteiger partial charge in [0.25, 0.3) is 0 Å². The third kappa shape index (κ3) is 3.46. The van der Waals surface area contributed by atoms with Crippen LogP contribution in [0.5, 0.6) is 0 Å². The van der Waals surface area contributed by atoms with Crippen LogP contribution < -0.4 is 5.73 Å². The van der Waals surface area contributed by atoms with Gasteiger partial charge in [0.2, 0.25) is 0 Å². The lowest BCUT2D eigenvalue weighted by Crippen LogP contribution is -2.46. The third-order valence-corrected chi connectivity index (χ3v) is 5.45. The van der Waals surface area contributed by atoms with Crippen LogP contribution in [-0.2, 0) is 6.42 Å². The second-order valence-corrected chi connectivity index (χ2v) is 6.32. The van der Waals surface area contributed by atoms with Crippen LogP contribution in [0, 0.1) is 0 Å². The van der Waals surface area contributed by atoms with Gasteiger partial charge in [0.05, 0.1) is 0 Å². The fourth-order valence-corrected chi connectivity index (χ4v) is 3.27. The highest BCUT2D eigenvalue weighted by atomic mass is 32.2. The Morgan fingerprint density at radius 3 is 2.78 bits per heavy atom. The minimum atomic E-state index is 0.338. The first-order valence-electron chi connectivity index (χ1n) is 6.64. The zero-order chi connectivity index (χ0) is 12.8. The minimum absolute atomic E-state index is 0.338. The van der Waals surface area contributed by atoms with E-state index in [2.05, 4.69) is 22.2 Å². The Morgan fingerprint density at radius 2 is 2.22 bits per heavy atom. The fraction of sp³-hybridized carbons (Fsp3) is 0.643. The predicted molar refractivity (Wildman–Crippen MR) is 78.9 cm³/mol. The smallest absolute Gasteiger partial charge is 0.0303 e. The Hall–Kier alpha value is -0.580. The average Bonchev–Trinajstić information content (AvgIpc) is 2.47. The summed E-state index contributed by atoms with van der Waals surface area (Å²) in [6, 6.07) is 4.17. The molecule has 0 bridgehead atoms. The van der Waals surface area contributed by atoms with E-state index in [1.165, 1.54) is 31.5 Å². The van der Waals surface area contributed by atoms with Gasteiger partial charge in [-0.2, -0.15) is 11.8 Å². The van der Waals surface area contributed by atoms with Crippen molar-refractivity contribution >= 4 is 11.8 Å². The van der Waals surface area contributed by atoms with Gasteiger partial charge in [-0.3, -0.25) is 4.98 Å². The van der Waals surface area contributed by atoms with Crippen molar-refractivity contribution in [2.75, 3.05) is 32.4 Å². The van der Waals surface area contributed by atoms with Crippen molar-refractivity contribution in [2.45, 2.75) is 24.0 Å². The SMILES string of the molecule is CSC1(CN)CCN(CCc2cccnc2)CC1. The number of rotatable bonds is 5. The molecule has 0 atom stereocenters. The summed E-state index contributed by atoms with van der Waals surface area (Å²) in [4.78, 5) is 6.71. The molecule has 2 heterocycles. The Morgan fingerprint density at radius 1 is 1.44 bits per heavy atom. The molecule has 1 aromatic heterocycles. The summed E-state index contributed by atoms with van der Waals surface area (Å²) >= 11 is 1.95. The van der Waals surface area contributed by atoms with Crippen LogP contribution in [0.15, 0.2) is 24.5 Å². The molecule has 2 N–H and O–H groups in total. The summed E-state index contributed by atoms with van der Waals surface area (Å²) in [5.41, 5.74) is 7.24. The molecule has 2 rings (SSSR count). The highest BCUT2D eigenvalue weighted by molar-refractivity contribution is 8.00. The molecule has 100 valence electrons. The van der Waals surface area contributed by atoms with Gasteiger partial charge in [-0.05, 0) is 50.2 Å². The number of nitrogens with zero attached hydrogens (tertiary/aromatic N) is 2. The Bertz CT molecular complexity index is 341. The molecule has 1 fully saturated rings. The quantitative estimate of drug-likeness (QED) is 0.881. The Labute approximate surface area is 114 Å². The van der Waals surface area contributed by atoms with Gasteiger partial charge in [0.1, 0.15) is 0 Å². The van der Waals surface area contributed by atoms with E-state index in [9.17, 15) is 0 Å². The lowest BCUT2D eigenvalue weighted by atomic mass is 9.95. The number of pyridine rings is 1. The van der Waals surface area contributed by atoms with Crippen molar-refractivity contribution in [3.63, 3.8) is 0 Å². The van der Waals surface area contributed by atoms with Crippen LogP contribution in [0.4, 0.5) is 0 Å². The summed E-state index contributed by atoms with van der Waals surface area (Å²) < 4.78 is 0.338. The van der Waals surface area contributed by atoms with E-state index < -0.39 is 0 Å². The summed E-state index contributed by atoms with van der Waals surface area (Å²) in [7, 11) is 0. The van der Waals surface area contributed by atoms with Crippen molar-refractivity contribution in [3.8, 4) is 0 Å². The first kappa shape index (κ1) is 13.8. The van der Waals surface area contributed by atoms with Gasteiger partial charge in [0.15, 0.2) is 0 Å². The lowest BCUT2D eigenvalue weighted by molar-refractivity contribution is 0.204. The van der Waals surface area contributed by atoms with Gasteiger partial charge in [-0.25, -0.2) is 0 Å². The summed E-state index contributed by atoms with van der Waals surface area (Å²) in [5.74, 6) is 0. The van der Waals surface area contributed by atoms with E-state index in [-0.39, 0.29) is 0 Å². The maximum atomic E-state index is 5.91. The van der Waals surface area contributed by atoms with Crippen LogP contribution in [0.2, 0.25) is 0 Å². The summed E-state index contributed by atoms with van der Waals surface area (Å²) in [5, 5.41) is 0. The number of piperidine rings is 1. The molecule has 0 amide bonds. The van der Waals surface area contributed by atoms with E-state index in [0.717, 1.165) is 19.5 Å². The minimum Gasteiger partial charge on any atom is -0.329 e. The summed E-state index contributed by atoms with van der Waals surface area (Å²) in [6.07, 6.45) is 9.53. The number of hydrogen-bond donors (Lipinski definition) is 1. The number of likely N-dealkylation sites (tertiary alicyclic amines) is 1. The van der Waals surface area contributed by atoms with Crippen molar-refractivity contribution < 1.29 is 0 Å². The van der Waals surface area contributed by atoms with Crippen LogP contribution in [0.25, 0.3) is 0 Å². The second-order valence-electron chi connectivity index (χ2n) is 5.04. The zero-order valence-corrected chi connectivity index (χ0v) is 12.0. The molecule has 0 spiro atoms. The molecule has 18 heavy (non-hydrogen) atoms. The van der Waals surface area contributed by atoms with Crippen molar-refractivity contribution in [1.29, 1.82) is 0 Å². The Kier molecular flexibility index (Phi) is 5.03. The molecule has 0 radical (unpaired) electrons. The number of aromatic nitrogens is 1. The van der Waals surface area contributed by atoms with Crippen LogP contribution in [0.1, 0.15) is 18.4 Å². The van der Waals surface area contributed by atoms with Crippen LogP contribution in [0.3, 0.4) is 0 Å². The van der Waals surface area contributed by atoms with E-state index >= 15 is 0 Å². The first-order valence-corrected chi connectivity index (χ1v) is 7.87. The van der Waals surface area contributed by atoms with Gasteiger partial charge in [-0.15, -0.1) is 0 Å². The van der Waals surface area contributed by atoms with E-state index in [4.69, 9.17) is 5.73 Å². The molecule has 3 nitrogen and oxygen atoms in total. The highest BCUT2D eigenvalue weighted by Crippen LogP contribution is 2.33. The standard InChI is InChI=1S/C14H23N3S/c1-18-14(12-15)5-9-17(10-6-14)8-4-13-3-2-7-16-11-13/h2-3,7,11H,4-6,8-10,12,15H2,1H3.